The van der Waals surface area contributed by atoms with Crippen molar-refractivity contribution in [1.29, 1.82) is 5.26 Å². The molecule has 0 saturated carbocycles. The molecule has 1 rings (SSSR count). The van der Waals surface area contributed by atoms with Gasteiger partial charge >= 0.3 is 0 Å². The number of aliphatic hydroxyl groups excluding tert-OH is 1. The first-order valence-electron chi connectivity index (χ1n) is 4.21. The molecule has 0 saturated heterocycles. The van der Waals surface area contributed by atoms with Crippen LogP contribution in [0.15, 0.2) is 18.2 Å². The van der Waals surface area contributed by atoms with Crippen molar-refractivity contribution in [1.82, 2.24) is 5.32 Å². The van der Waals surface area contributed by atoms with Gasteiger partial charge in [0.25, 0.3) is 0 Å². The van der Waals surface area contributed by atoms with E-state index in [1.54, 1.807) is 19.2 Å². The molecule has 14 heavy (non-hydrogen) atoms. The zero-order valence-corrected chi connectivity index (χ0v) is 7.79. The van der Waals surface area contributed by atoms with Gasteiger partial charge in [0, 0.05) is 0 Å². The Hall–Kier alpha value is -1.44. The monoisotopic (exact) mass is 194 g/mol. The van der Waals surface area contributed by atoms with Crippen molar-refractivity contribution in [2.45, 2.75) is 6.04 Å². The van der Waals surface area contributed by atoms with Gasteiger partial charge in [-0.2, -0.15) is 5.26 Å². The van der Waals surface area contributed by atoms with Crippen LogP contribution in [0.1, 0.15) is 17.2 Å². The van der Waals surface area contributed by atoms with Crippen molar-refractivity contribution in [2.24, 2.45) is 0 Å². The number of nitrogens with zero attached hydrogens (tertiary/aromatic N) is 1. The maximum absolute atomic E-state index is 13.2. The summed E-state index contributed by atoms with van der Waals surface area (Å²) in [6.07, 6.45) is 0. The lowest BCUT2D eigenvalue weighted by molar-refractivity contribution is 0.250. The van der Waals surface area contributed by atoms with Crippen molar-refractivity contribution < 1.29 is 9.50 Å². The molecule has 1 aromatic rings. The fourth-order valence-corrected chi connectivity index (χ4v) is 1.29. The minimum absolute atomic E-state index is 0.0131. The van der Waals surface area contributed by atoms with Crippen LogP contribution < -0.4 is 5.32 Å². The Kier molecular flexibility index (Phi) is 3.57. The molecule has 0 aliphatic heterocycles. The summed E-state index contributed by atoms with van der Waals surface area (Å²) in [4.78, 5) is 0. The number of hydrogen-bond acceptors (Lipinski definition) is 3. The van der Waals surface area contributed by atoms with E-state index >= 15 is 0 Å². The fraction of sp³-hybridized carbons (Fsp3) is 0.300. The second-order valence-electron chi connectivity index (χ2n) is 2.84. The number of benzene rings is 1. The van der Waals surface area contributed by atoms with Crippen LogP contribution in [0.5, 0.6) is 0 Å². The van der Waals surface area contributed by atoms with Gasteiger partial charge in [0.15, 0.2) is 0 Å². The van der Waals surface area contributed by atoms with E-state index in [9.17, 15) is 4.39 Å². The zero-order chi connectivity index (χ0) is 10.6. The van der Waals surface area contributed by atoms with Gasteiger partial charge in [0.1, 0.15) is 11.9 Å². The Morgan fingerprint density at radius 1 is 1.64 bits per heavy atom. The number of halogens is 1. The summed E-state index contributed by atoms with van der Waals surface area (Å²) in [5, 5.41) is 20.5. The van der Waals surface area contributed by atoms with Crippen molar-refractivity contribution in [3.8, 4) is 6.07 Å². The number of nitrogens with one attached hydrogen (secondary N) is 1. The molecule has 1 atom stereocenters. The Labute approximate surface area is 81.8 Å². The first-order chi connectivity index (χ1) is 6.74. The van der Waals surface area contributed by atoms with Crippen LogP contribution in [-0.4, -0.2) is 18.8 Å². The average molecular weight is 194 g/mol. The summed E-state index contributed by atoms with van der Waals surface area (Å²) in [6.45, 7) is -0.172. The van der Waals surface area contributed by atoms with Crippen LogP contribution in [0.4, 0.5) is 4.39 Å². The molecule has 74 valence electrons. The Balaban J connectivity index is 3.20. The van der Waals surface area contributed by atoms with Crippen molar-refractivity contribution >= 4 is 0 Å². The minimum atomic E-state index is -0.557. The SMILES string of the molecule is CN[C@@H](CO)c1cccc(F)c1C#N. The molecule has 0 amide bonds. The second kappa shape index (κ2) is 4.70. The van der Waals surface area contributed by atoms with Crippen LogP contribution in [0.3, 0.4) is 0 Å². The lowest BCUT2D eigenvalue weighted by Crippen LogP contribution is -2.21. The van der Waals surface area contributed by atoms with Crippen molar-refractivity contribution in [3.05, 3.63) is 35.1 Å². The Morgan fingerprint density at radius 2 is 2.36 bits per heavy atom. The number of nitriles is 1. The normalized spacial score (nSPS) is 12.1. The van der Waals surface area contributed by atoms with Gasteiger partial charge in [0.05, 0.1) is 18.2 Å². The average Bonchev–Trinajstić information content (AvgIpc) is 2.20. The van der Waals surface area contributed by atoms with E-state index in [0.29, 0.717) is 5.56 Å². The predicted octanol–water partition coefficient (Wildman–Crippen LogP) is 0.950. The quantitative estimate of drug-likeness (QED) is 0.753. The summed E-state index contributed by atoms with van der Waals surface area (Å²) in [5.74, 6) is -0.557. The second-order valence-corrected chi connectivity index (χ2v) is 2.84. The summed E-state index contributed by atoms with van der Waals surface area (Å²) in [6, 6.07) is 5.76. The summed E-state index contributed by atoms with van der Waals surface area (Å²) in [5.41, 5.74) is 0.471. The molecule has 0 aromatic heterocycles. The largest absolute Gasteiger partial charge is 0.394 e. The highest BCUT2D eigenvalue weighted by Crippen LogP contribution is 2.19. The van der Waals surface area contributed by atoms with Gasteiger partial charge in [-0.3, -0.25) is 0 Å². The van der Waals surface area contributed by atoms with E-state index in [-0.39, 0.29) is 12.2 Å². The molecule has 4 heteroatoms. The summed E-state index contributed by atoms with van der Waals surface area (Å²) >= 11 is 0. The van der Waals surface area contributed by atoms with E-state index in [2.05, 4.69) is 5.32 Å². The molecular formula is C10H11FN2O. The van der Waals surface area contributed by atoms with Gasteiger partial charge in [-0.1, -0.05) is 12.1 Å². The fourth-order valence-electron chi connectivity index (χ4n) is 1.29. The maximum atomic E-state index is 13.2. The van der Waals surface area contributed by atoms with Gasteiger partial charge in [-0.15, -0.1) is 0 Å². The van der Waals surface area contributed by atoms with Crippen LogP contribution in [0, 0.1) is 17.1 Å². The maximum Gasteiger partial charge on any atom is 0.141 e. The Bertz CT molecular complexity index is 356. The predicted molar refractivity (Wildman–Crippen MR) is 50.0 cm³/mol. The van der Waals surface area contributed by atoms with E-state index < -0.39 is 11.9 Å². The van der Waals surface area contributed by atoms with Crippen molar-refractivity contribution in [2.75, 3.05) is 13.7 Å². The van der Waals surface area contributed by atoms with Crippen LogP contribution in [0.2, 0.25) is 0 Å². The topological polar surface area (TPSA) is 56.0 Å². The highest BCUT2D eigenvalue weighted by molar-refractivity contribution is 5.40. The molecule has 3 nitrogen and oxygen atoms in total. The first-order valence-corrected chi connectivity index (χ1v) is 4.21. The summed E-state index contributed by atoms with van der Waals surface area (Å²) < 4.78 is 13.2. The number of rotatable bonds is 3. The highest BCUT2D eigenvalue weighted by atomic mass is 19.1. The lowest BCUT2D eigenvalue weighted by atomic mass is 10.0. The molecule has 0 bridgehead atoms. The minimum Gasteiger partial charge on any atom is -0.394 e. The van der Waals surface area contributed by atoms with E-state index in [0.717, 1.165) is 0 Å². The molecule has 1 aromatic carbocycles. The molecule has 0 aliphatic carbocycles. The van der Waals surface area contributed by atoms with Gasteiger partial charge < -0.3 is 10.4 Å². The van der Waals surface area contributed by atoms with E-state index in [4.69, 9.17) is 10.4 Å². The summed E-state index contributed by atoms with van der Waals surface area (Å²) in [7, 11) is 1.65. The molecule has 0 radical (unpaired) electrons. The smallest absolute Gasteiger partial charge is 0.141 e. The molecule has 0 heterocycles. The standard InChI is InChI=1S/C10H11FN2O/c1-13-10(6-14)7-3-2-4-9(11)8(7)5-12/h2-4,10,13-14H,6H2,1H3/t10-/m0/s1. The van der Waals surface area contributed by atoms with Crippen LogP contribution >= 0.6 is 0 Å². The molecule has 0 fully saturated rings. The Morgan fingerprint density at radius 3 is 2.86 bits per heavy atom. The third-order valence-corrected chi connectivity index (χ3v) is 2.06. The lowest BCUT2D eigenvalue weighted by Gasteiger charge is -2.14. The number of likely N-dealkylation sites (N-methyl/N-ethyl adjacent to an activating group) is 1. The van der Waals surface area contributed by atoms with E-state index in [1.165, 1.54) is 12.1 Å². The molecule has 0 unspecified atom stereocenters. The third kappa shape index (κ3) is 1.90. The van der Waals surface area contributed by atoms with Gasteiger partial charge in [-0.05, 0) is 18.7 Å². The molecular weight excluding hydrogens is 183 g/mol. The molecule has 0 aliphatic rings. The van der Waals surface area contributed by atoms with Crippen molar-refractivity contribution in [3.63, 3.8) is 0 Å². The van der Waals surface area contributed by atoms with Gasteiger partial charge in [-0.25, -0.2) is 4.39 Å². The molecule has 2 N–H and O–H groups in total. The van der Waals surface area contributed by atoms with E-state index in [1.807, 2.05) is 0 Å². The third-order valence-electron chi connectivity index (χ3n) is 2.06. The first kappa shape index (κ1) is 10.6. The zero-order valence-electron chi connectivity index (χ0n) is 7.79. The number of aliphatic hydroxyl groups is 1. The number of hydrogen-bond donors (Lipinski definition) is 2. The van der Waals surface area contributed by atoms with Crippen LogP contribution in [-0.2, 0) is 0 Å². The highest BCUT2D eigenvalue weighted by Gasteiger charge is 2.15. The molecule has 0 spiro atoms. The van der Waals surface area contributed by atoms with Gasteiger partial charge in [0.2, 0.25) is 0 Å². The van der Waals surface area contributed by atoms with Crippen LogP contribution in [0.25, 0.3) is 0 Å².